The fourth-order valence-corrected chi connectivity index (χ4v) is 4.27. The van der Waals surface area contributed by atoms with Gasteiger partial charge in [0.2, 0.25) is 5.13 Å². The molecule has 0 aliphatic carbocycles. The minimum atomic E-state index is -0.177. The van der Waals surface area contributed by atoms with E-state index in [-0.39, 0.29) is 5.91 Å². The number of hydrogen-bond acceptors (Lipinski definition) is 5. The fourth-order valence-electron chi connectivity index (χ4n) is 2.67. The van der Waals surface area contributed by atoms with E-state index < -0.39 is 0 Å². The van der Waals surface area contributed by atoms with Crippen molar-refractivity contribution in [2.24, 2.45) is 0 Å². The molecule has 0 bridgehead atoms. The Hall–Kier alpha value is -2.46. The lowest BCUT2D eigenvalue weighted by Gasteiger charge is -2.07. The summed E-state index contributed by atoms with van der Waals surface area (Å²) >= 11 is 3.64. The van der Waals surface area contributed by atoms with Gasteiger partial charge in [-0.05, 0) is 59.8 Å². The molecular formula is C19H15IN4O2S. The number of carbonyl (C=O) groups excluding carboxylic acids is 1. The molecular weight excluding hydrogens is 475 g/mol. The molecule has 2 aromatic heterocycles. The first-order chi connectivity index (χ1) is 13.0. The molecule has 6 nitrogen and oxygen atoms in total. The van der Waals surface area contributed by atoms with Crippen molar-refractivity contribution < 1.29 is 9.53 Å². The van der Waals surface area contributed by atoms with Gasteiger partial charge in [0.05, 0.1) is 28.6 Å². The molecule has 0 atom stereocenters. The summed E-state index contributed by atoms with van der Waals surface area (Å²) in [7, 11) is 1.64. The van der Waals surface area contributed by atoms with Gasteiger partial charge in [0, 0.05) is 9.64 Å². The van der Waals surface area contributed by atoms with E-state index >= 15 is 0 Å². The number of amides is 1. The maximum absolute atomic E-state index is 12.7. The van der Waals surface area contributed by atoms with Crippen molar-refractivity contribution in [3.8, 4) is 10.9 Å². The van der Waals surface area contributed by atoms with Crippen LogP contribution in [0.15, 0.2) is 48.5 Å². The van der Waals surface area contributed by atoms with Gasteiger partial charge in [-0.25, -0.2) is 4.98 Å². The van der Waals surface area contributed by atoms with Crippen LogP contribution in [0.2, 0.25) is 0 Å². The molecule has 0 saturated heterocycles. The minimum Gasteiger partial charge on any atom is -0.497 e. The lowest BCUT2D eigenvalue weighted by Crippen LogP contribution is -2.16. The minimum absolute atomic E-state index is 0.177. The zero-order chi connectivity index (χ0) is 19.0. The van der Waals surface area contributed by atoms with Crippen LogP contribution >= 0.6 is 33.9 Å². The predicted octanol–water partition coefficient (Wildman–Crippen LogP) is 4.66. The molecule has 2 aromatic carbocycles. The van der Waals surface area contributed by atoms with Crippen molar-refractivity contribution in [1.82, 2.24) is 14.8 Å². The van der Waals surface area contributed by atoms with Crippen LogP contribution in [0.1, 0.15) is 16.1 Å². The first-order valence-electron chi connectivity index (χ1n) is 8.12. The number of aromatic nitrogens is 3. The highest BCUT2D eigenvalue weighted by molar-refractivity contribution is 14.1. The van der Waals surface area contributed by atoms with E-state index in [0.717, 1.165) is 25.2 Å². The Bertz CT molecular complexity index is 1150. The monoisotopic (exact) mass is 490 g/mol. The van der Waals surface area contributed by atoms with E-state index in [9.17, 15) is 4.79 Å². The van der Waals surface area contributed by atoms with Crippen LogP contribution in [-0.2, 0) is 0 Å². The second-order valence-corrected chi connectivity index (χ2v) is 8.02. The van der Waals surface area contributed by atoms with Gasteiger partial charge >= 0.3 is 0 Å². The molecule has 27 heavy (non-hydrogen) atoms. The van der Waals surface area contributed by atoms with Gasteiger partial charge in [0.25, 0.3) is 5.91 Å². The lowest BCUT2D eigenvalue weighted by atomic mass is 10.2. The van der Waals surface area contributed by atoms with Gasteiger partial charge in [-0.15, -0.1) is 0 Å². The number of anilines is 1. The van der Waals surface area contributed by atoms with Crippen LogP contribution < -0.4 is 10.1 Å². The molecule has 4 rings (SSSR count). The number of halogens is 1. The van der Waals surface area contributed by atoms with E-state index in [1.807, 2.05) is 49.4 Å². The summed E-state index contributed by atoms with van der Waals surface area (Å²) in [4.78, 5) is 17.3. The summed E-state index contributed by atoms with van der Waals surface area (Å²) in [6.07, 6.45) is 0. The molecule has 2 heterocycles. The number of carbonyl (C=O) groups is 1. The maximum atomic E-state index is 12.7. The zero-order valence-corrected chi connectivity index (χ0v) is 17.5. The summed E-state index contributed by atoms with van der Waals surface area (Å²) in [5, 5.41) is 8.14. The number of methoxy groups -OCH3 is 1. The van der Waals surface area contributed by atoms with Gasteiger partial charge in [0.1, 0.15) is 11.6 Å². The second kappa shape index (κ2) is 7.28. The van der Waals surface area contributed by atoms with Crippen molar-refractivity contribution in [2.45, 2.75) is 6.92 Å². The highest BCUT2D eigenvalue weighted by Crippen LogP contribution is 2.30. The zero-order valence-electron chi connectivity index (χ0n) is 14.6. The van der Waals surface area contributed by atoms with Crippen molar-refractivity contribution in [2.75, 3.05) is 12.4 Å². The Kier molecular flexibility index (Phi) is 4.83. The van der Waals surface area contributed by atoms with Crippen LogP contribution in [0, 0.1) is 10.5 Å². The number of hydrogen-bond donors (Lipinski definition) is 1. The third-order valence-corrected chi connectivity index (χ3v) is 5.89. The molecule has 8 heteroatoms. The third-order valence-electron chi connectivity index (χ3n) is 3.96. The predicted molar refractivity (Wildman–Crippen MR) is 115 cm³/mol. The number of aryl methyl sites for hydroxylation is 1. The Morgan fingerprint density at radius 2 is 2.04 bits per heavy atom. The molecule has 0 unspecified atom stereocenters. The normalized spacial score (nSPS) is 10.9. The summed E-state index contributed by atoms with van der Waals surface area (Å²) < 4.78 is 8.83. The molecule has 0 saturated carbocycles. The highest BCUT2D eigenvalue weighted by Gasteiger charge is 2.16. The molecule has 0 aliphatic rings. The third kappa shape index (κ3) is 3.54. The number of nitrogens with one attached hydrogen (secondary N) is 1. The molecule has 1 amide bonds. The molecule has 0 aliphatic heterocycles. The van der Waals surface area contributed by atoms with E-state index in [4.69, 9.17) is 4.74 Å². The standard InChI is InChI=1S/C19H15IN4O2S/c1-11-9-17(22-18(25)13-5-3-4-6-14(13)20)24(23-11)19-21-15-8-7-12(26-2)10-16(15)27-19/h3-10H,1-2H3,(H,22,25). The quantitative estimate of drug-likeness (QED) is 0.423. The Balaban J connectivity index is 1.71. The van der Waals surface area contributed by atoms with Gasteiger partial charge < -0.3 is 10.1 Å². The summed E-state index contributed by atoms with van der Waals surface area (Å²) in [5.74, 6) is 1.19. The van der Waals surface area contributed by atoms with Gasteiger partial charge in [-0.2, -0.15) is 9.78 Å². The number of fused-ring (bicyclic) bond motifs is 1. The van der Waals surface area contributed by atoms with E-state index in [1.165, 1.54) is 11.3 Å². The smallest absolute Gasteiger partial charge is 0.257 e. The number of benzene rings is 2. The molecule has 0 radical (unpaired) electrons. The van der Waals surface area contributed by atoms with Gasteiger partial charge in [0.15, 0.2) is 0 Å². The summed E-state index contributed by atoms with van der Waals surface area (Å²) in [6.45, 7) is 1.88. The van der Waals surface area contributed by atoms with Crippen molar-refractivity contribution >= 4 is 55.9 Å². The number of rotatable bonds is 4. The van der Waals surface area contributed by atoms with Crippen LogP contribution in [0.3, 0.4) is 0 Å². The van der Waals surface area contributed by atoms with Gasteiger partial charge in [-0.3, -0.25) is 4.79 Å². The highest BCUT2D eigenvalue weighted by atomic mass is 127. The van der Waals surface area contributed by atoms with Gasteiger partial charge in [-0.1, -0.05) is 23.5 Å². The van der Waals surface area contributed by atoms with Crippen LogP contribution in [0.25, 0.3) is 15.3 Å². The second-order valence-electron chi connectivity index (χ2n) is 5.85. The number of ether oxygens (including phenoxy) is 1. The van der Waals surface area contributed by atoms with E-state index in [0.29, 0.717) is 16.5 Å². The van der Waals surface area contributed by atoms with Crippen molar-refractivity contribution in [3.05, 3.63) is 63.4 Å². The Morgan fingerprint density at radius 3 is 2.81 bits per heavy atom. The van der Waals surface area contributed by atoms with Crippen LogP contribution in [0.4, 0.5) is 5.82 Å². The molecule has 136 valence electrons. The Labute approximate surface area is 173 Å². The lowest BCUT2D eigenvalue weighted by molar-refractivity contribution is 0.102. The summed E-state index contributed by atoms with van der Waals surface area (Å²) in [6, 6.07) is 15.0. The fraction of sp³-hybridized carbons (Fsp3) is 0.105. The SMILES string of the molecule is COc1ccc2nc(-n3nc(C)cc3NC(=O)c3ccccc3I)sc2c1. The largest absolute Gasteiger partial charge is 0.497 e. The summed E-state index contributed by atoms with van der Waals surface area (Å²) in [5.41, 5.74) is 2.28. The van der Waals surface area contributed by atoms with Crippen LogP contribution in [0.5, 0.6) is 5.75 Å². The first kappa shape index (κ1) is 17.9. The first-order valence-corrected chi connectivity index (χ1v) is 10.0. The molecule has 0 fully saturated rings. The maximum Gasteiger partial charge on any atom is 0.257 e. The topological polar surface area (TPSA) is 69.0 Å². The van der Waals surface area contributed by atoms with E-state index in [2.05, 4.69) is 38.0 Å². The Morgan fingerprint density at radius 1 is 1.22 bits per heavy atom. The van der Waals surface area contributed by atoms with Crippen molar-refractivity contribution in [3.63, 3.8) is 0 Å². The van der Waals surface area contributed by atoms with Crippen LogP contribution in [-0.4, -0.2) is 27.8 Å². The van der Waals surface area contributed by atoms with E-state index in [1.54, 1.807) is 17.9 Å². The number of nitrogens with zero attached hydrogens (tertiary/aromatic N) is 3. The average molecular weight is 490 g/mol. The molecule has 0 spiro atoms. The molecule has 4 aromatic rings. The average Bonchev–Trinajstić information content (AvgIpc) is 3.24. The molecule has 1 N–H and O–H groups in total. The number of thiazole rings is 1. The van der Waals surface area contributed by atoms with Crippen molar-refractivity contribution in [1.29, 1.82) is 0 Å².